The highest BCUT2D eigenvalue weighted by molar-refractivity contribution is 7.91. The highest BCUT2D eigenvalue weighted by Gasteiger charge is 2.34. The first-order chi connectivity index (χ1) is 5.05. The first kappa shape index (κ1) is 9.00. The summed E-state index contributed by atoms with van der Waals surface area (Å²) < 4.78 is 22.1. The molecule has 11 heavy (non-hydrogen) atoms. The molecule has 1 fully saturated rings. The lowest BCUT2D eigenvalue weighted by Crippen LogP contribution is -2.28. The Hall–Kier alpha value is -0.0900. The number of nitrogens with two attached hydrogens (primary N) is 1. The average molecular weight is 177 g/mol. The minimum Gasteiger partial charge on any atom is -0.326 e. The summed E-state index contributed by atoms with van der Waals surface area (Å²) >= 11 is 0. The van der Waals surface area contributed by atoms with Gasteiger partial charge in [-0.1, -0.05) is 13.3 Å². The summed E-state index contributed by atoms with van der Waals surface area (Å²) in [6.45, 7) is 2.05. The first-order valence-corrected chi connectivity index (χ1v) is 5.83. The van der Waals surface area contributed by atoms with Gasteiger partial charge in [-0.25, -0.2) is 8.42 Å². The van der Waals surface area contributed by atoms with E-state index in [2.05, 4.69) is 6.92 Å². The van der Waals surface area contributed by atoms with Crippen LogP contribution in [0.5, 0.6) is 0 Å². The van der Waals surface area contributed by atoms with Crippen LogP contribution in [0.4, 0.5) is 0 Å². The van der Waals surface area contributed by atoms with Crippen molar-refractivity contribution in [1.82, 2.24) is 0 Å². The van der Waals surface area contributed by atoms with E-state index in [0.29, 0.717) is 5.75 Å². The summed E-state index contributed by atoms with van der Waals surface area (Å²) in [5.74, 6) is 0.713. The Morgan fingerprint density at radius 1 is 1.45 bits per heavy atom. The molecular weight excluding hydrogens is 162 g/mol. The van der Waals surface area contributed by atoms with Gasteiger partial charge in [-0.15, -0.1) is 0 Å². The molecule has 2 atom stereocenters. The van der Waals surface area contributed by atoms with Gasteiger partial charge in [0, 0.05) is 6.04 Å². The largest absolute Gasteiger partial charge is 0.326 e. The van der Waals surface area contributed by atoms with Crippen LogP contribution in [0.15, 0.2) is 0 Å². The fourth-order valence-electron chi connectivity index (χ4n) is 1.62. The standard InChI is InChI=1S/C7H15NO2S/c1-2-3-6-4-11(9,10)5-7(6)8/h6-7H,2-5,8H2,1H3. The van der Waals surface area contributed by atoms with Crippen molar-refractivity contribution in [2.45, 2.75) is 25.8 Å². The maximum atomic E-state index is 11.0. The van der Waals surface area contributed by atoms with Crippen LogP contribution in [0.3, 0.4) is 0 Å². The van der Waals surface area contributed by atoms with Gasteiger partial charge >= 0.3 is 0 Å². The zero-order valence-corrected chi connectivity index (χ0v) is 7.60. The van der Waals surface area contributed by atoms with Gasteiger partial charge in [-0.05, 0) is 12.3 Å². The van der Waals surface area contributed by atoms with Gasteiger partial charge in [-0.3, -0.25) is 0 Å². The molecule has 1 rings (SSSR count). The highest BCUT2D eigenvalue weighted by Crippen LogP contribution is 2.21. The topological polar surface area (TPSA) is 60.2 Å². The van der Waals surface area contributed by atoms with Crippen LogP contribution in [-0.4, -0.2) is 26.0 Å². The van der Waals surface area contributed by atoms with Gasteiger partial charge in [0.15, 0.2) is 9.84 Å². The molecule has 4 heteroatoms. The molecule has 1 saturated heterocycles. The van der Waals surface area contributed by atoms with Gasteiger partial charge in [0.1, 0.15) is 0 Å². The third-order valence-electron chi connectivity index (χ3n) is 2.18. The van der Waals surface area contributed by atoms with Crippen LogP contribution in [-0.2, 0) is 9.84 Å². The third kappa shape index (κ3) is 2.17. The minimum atomic E-state index is -2.79. The van der Waals surface area contributed by atoms with Crippen LogP contribution in [0.2, 0.25) is 0 Å². The van der Waals surface area contributed by atoms with E-state index in [1.54, 1.807) is 0 Å². The molecular formula is C7H15NO2S. The van der Waals surface area contributed by atoms with Gasteiger partial charge in [0.2, 0.25) is 0 Å². The first-order valence-electron chi connectivity index (χ1n) is 4.01. The Morgan fingerprint density at radius 3 is 2.45 bits per heavy atom. The fraction of sp³-hybridized carbons (Fsp3) is 1.00. The zero-order chi connectivity index (χ0) is 8.48. The van der Waals surface area contributed by atoms with Crippen molar-refractivity contribution in [2.24, 2.45) is 11.7 Å². The van der Waals surface area contributed by atoms with E-state index < -0.39 is 9.84 Å². The molecule has 66 valence electrons. The van der Waals surface area contributed by atoms with Crippen LogP contribution in [0.25, 0.3) is 0 Å². The fourth-order valence-corrected chi connectivity index (χ4v) is 3.68. The Morgan fingerprint density at radius 2 is 2.09 bits per heavy atom. The second kappa shape index (κ2) is 3.11. The molecule has 0 aliphatic carbocycles. The molecule has 0 bridgehead atoms. The minimum absolute atomic E-state index is 0.111. The molecule has 0 radical (unpaired) electrons. The summed E-state index contributed by atoms with van der Waals surface area (Å²) in [7, 11) is -2.79. The van der Waals surface area contributed by atoms with Crippen LogP contribution >= 0.6 is 0 Å². The molecule has 0 aromatic rings. The average Bonchev–Trinajstić information content (AvgIpc) is 2.07. The van der Waals surface area contributed by atoms with E-state index in [0.717, 1.165) is 12.8 Å². The van der Waals surface area contributed by atoms with Crippen molar-refractivity contribution in [3.8, 4) is 0 Å². The lowest BCUT2D eigenvalue weighted by molar-refractivity contribution is 0.474. The summed E-state index contributed by atoms with van der Waals surface area (Å²) in [5.41, 5.74) is 5.66. The number of hydrogen-bond acceptors (Lipinski definition) is 3. The van der Waals surface area contributed by atoms with E-state index in [1.165, 1.54) is 0 Å². The molecule has 0 aromatic carbocycles. The summed E-state index contributed by atoms with van der Waals surface area (Å²) in [6, 6.07) is -0.111. The number of sulfone groups is 1. The molecule has 3 nitrogen and oxygen atoms in total. The zero-order valence-electron chi connectivity index (χ0n) is 6.79. The Kier molecular flexibility index (Phi) is 2.54. The molecule has 0 aromatic heterocycles. The molecule has 1 aliphatic heterocycles. The normalized spacial score (nSPS) is 35.8. The van der Waals surface area contributed by atoms with Crippen molar-refractivity contribution in [3.63, 3.8) is 0 Å². The maximum Gasteiger partial charge on any atom is 0.152 e. The Bertz CT molecular complexity index is 223. The van der Waals surface area contributed by atoms with Crippen LogP contribution < -0.4 is 5.73 Å². The molecule has 0 amide bonds. The van der Waals surface area contributed by atoms with Crippen molar-refractivity contribution < 1.29 is 8.42 Å². The predicted octanol–water partition coefficient (Wildman–Crippen LogP) is 0.158. The van der Waals surface area contributed by atoms with Crippen molar-refractivity contribution in [2.75, 3.05) is 11.5 Å². The summed E-state index contributed by atoms with van der Waals surface area (Å²) in [5, 5.41) is 0. The monoisotopic (exact) mass is 177 g/mol. The van der Waals surface area contributed by atoms with Gasteiger partial charge in [0.25, 0.3) is 0 Å². The SMILES string of the molecule is CCCC1CS(=O)(=O)CC1N. The van der Waals surface area contributed by atoms with E-state index in [4.69, 9.17) is 5.73 Å². The van der Waals surface area contributed by atoms with Crippen LogP contribution in [0, 0.1) is 5.92 Å². The number of rotatable bonds is 2. The molecule has 2 N–H and O–H groups in total. The second-order valence-corrected chi connectivity index (χ2v) is 5.44. The quantitative estimate of drug-likeness (QED) is 0.653. The Labute approximate surface area is 67.9 Å². The molecule has 2 unspecified atom stereocenters. The number of hydrogen-bond donors (Lipinski definition) is 1. The van der Waals surface area contributed by atoms with E-state index in [1.807, 2.05) is 0 Å². The maximum absolute atomic E-state index is 11.0. The van der Waals surface area contributed by atoms with Crippen molar-refractivity contribution in [1.29, 1.82) is 0 Å². The highest BCUT2D eigenvalue weighted by atomic mass is 32.2. The smallest absolute Gasteiger partial charge is 0.152 e. The van der Waals surface area contributed by atoms with E-state index >= 15 is 0 Å². The summed E-state index contributed by atoms with van der Waals surface area (Å²) in [6.07, 6.45) is 1.97. The third-order valence-corrected chi connectivity index (χ3v) is 4.01. The van der Waals surface area contributed by atoms with E-state index in [9.17, 15) is 8.42 Å². The Balaban J connectivity index is 2.59. The van der Waals surface area contributed by atoms with Crippen molar-refractivity contribution in [3.05, 3.63) is 0 Å². The second-order valence-electron chi connectivity index (χ2n) is 3.29. The van der Waals surface area contributed by atoms with Crippen molar-refractivity contribution >= 4 is 9.84 Å². The molecule has 1 aliphatic rings. The van der Waals surface area contributed by atoms with Gasteiger partial charge < -0.3 is 5.73 Å². The lowest BCUT2D eigenvalue weighted by atomic mass is 9.99. The van der Waals surface area contributed by atoms with Gasteiger partial charge in [-0.2, -0.15) is 0 Å². The van der Waals surface area contributed by atoms with Crippen LogP contribution in [0.1, 0.15) is 19.8 Å². The molecule has 0 saturated carbocycles. The molecule has 1 heterocycles. The van der Waals surface area contributed by atoms with Gasteiger partial charge in [0.05, 0.1) is 11.5 Å². The summed E-state index contributed by atoms with van der Waals surface area (Å²) in [4.78, 5) is 0. The van der Waals surface area contributed by atoms with E-state index in [-0.39, 0.29) is 17.7 Å². The predicted molar refractivity (Wildman–Crippen MR) is 45.0 cm³/mol. The molecule has 0 spiro atoms. The lowest BCUT2D eigenvalue weighted by Gasteiger charge is -2.10.